The van der Waals surface area contributed by atoms with Gasteiger partial charge >= 0.3 is 0 Å². The first-order valence-electron chi connectivity index (χ1n) is 11.6. The average molecular weight is 459 g/mol. The maximum Gasteiger partial charge on any atom is 0.254 e. The third-order valence-corrected chi connectivity index (χ3v) is 6.54. The highest BCUT2D eigenvalue weighted by Gasteiger charge is 2.39. The number of morpholine rings is 1. The Bertz CT molecular complexity index is 1300. The number of amides is 1. The second kappa shape index (κ2) is 8.91. The van der Waals surface area contributed by atoms with Gasteiger partial charge in [-0.05, 0) is 12.5 Å². The highest BCUT2D eigenvalue weighted by Crippen LogP contribution is 2.43. The quantitative estimate of drug-likeness (QED) is 0.490. The second-order valence-corrected chi connectivity index (χ2v) is 8.58. The van der Waals surface area contributed by atoms with Gasteiger partial charge in [0.2, 0.25) is 5.78 Å². The molecule has 7 nitrogen and oxygen atoms in total. The van der Waals surface area contributed by atoms with Crippen molar-refractivity contribution in [3.63, 3.8) is 0 Å². The molecule has 1 amide bonds. The van der Waals surface area contributed by atoms with Gasteiger partial charge in [-0.25, -0.2) is 0 Å². The molecule has 2 aliphatic rings. The number of carbonyl (C=O) groups excluding carboxylic acids is 3. The third kappa shape index (κ3) is 3.44. The van der Waals surface area contributed by atoms with Gasteiger partial charge < -0.3 is 19.3 Å². The van der Waals surface area contributed by atoms with Crippen LogP contribution in [0.5, 0.6) is 5.75 Å². The number of hydrogen-bond acceptors (Lipinski definition) is 5. The molecular formula is C27H26N2O5. The summed E-state index contributed by atoms with van der Waals surface area (Å²) >= 11 is 0. The van der Waals surface area contributed by atoms with Crippen molar-refractivity contribution in [2.75, 3.05) is 26.3 Å². The molecule has 2 heterocycles. The van der Waals surface area contributed by atoms with E-state index < -0.39 is 0 Å². The summed E-state index contributed by atoms with van der Waals surface area (Å²) in [6, 6.07) is 13.7. The minimum atomic E-state index is -0.379. The van der Waals surface area contributed by atoms with Gasteiger partial charge in [0.25, 0.3) is 5.91 Å². The van der Waals surface area contributed by atoms with Crippen LogP contribution in [0.4, 0.5) is 0 Å². The van der Waals surface area contributed by atoms with E-state index in [2.05, 4.69) is 0 Å². The summed E-state index contributed by atoms with van der Waals surface area (Å²) in [5, 5.41) is 11.4. The van der Waals surface area contributed by atoms with Crippen molar-refractivity contribution >= 4 is 17.5 Å². The molecule has 3 aromatic rings. The molecule has 0 spiro atoms. The molecule has 1 aliphatic carbocycles. The zero-order valence-electron chi connectivity index (χ0n) is 19.0. The normalized spacial score (nSPS) is 15.3. The fourth-order valence-electron chi connectivity index (χ4n) is 4.82. The summed E-state index contributed by atoms with van der Waals surface area (Å²) in [5.41, 5.74) is 2.09. The van der Waals surface area contributed by atoms with Crippen LogP contribution in [0.1, 0.15) is 62.1 Å². The highest BCUT2D eigenvalue weighted by atomic mass is 16.5. The summed E-state index contributed by atoms with van der Waals surface area (Å²) in [6.07, 6.45) is 1.61. The molecule has 1 aliphatic heterocycles. The molecule has 34 heavy (non-hydrogen) atoms. The zero-order chi connectivity index (χ0) is 23.8. The molecule has 1 saturated heterocycles. The molecule has 174 valence electrons. The number of carbonyl (C=O) groups is 3. The number of nitrogens with zero attached hydrogens (tertiary/aromatic N) is 2. The van der Waals surface area contributed by atoms with E-state index in [4.69, 9.17) is 4.74 Å². The lowest BCUT2D eigenvalue weighted by atomic mass is 9.87. The van der Waals surface area contributed by atoms with E-state index >= 15 is 0 Å². The van der Waals surface area contributed by atoms with Gasteiger partial charge in [0, 0.05) is 41.9 Å². The second-order valence-electron chi connectivity index (χ2n) is 8.58. The Morgan fingerprint density at radius 3 is 2.21 bits per heavy atom. The van der Waals surface area contributed by atoms with Crippen molar-refractivity contribution in [1.29, 1.82) is 0 Å². The standard InChI is InChI=1S/C27H26N2O5/c1-2-3-12-29-22(17-8-4-7-11-20(17)27(33)28-13-15-34-16-14-28)26(32)21-23(29)25(31)19-10-6-5-9-18(19)24(21)30/h4-11,32H,2-3,12-16H2,1H3. The van der Waals surface area contributed by atoms with E-state index in [0.717, 1.165) is 12.8 Å². The van der Waals surface area contributed by atoms with Crippen LogP contribution in [-0.4, -0.2) is 58.4 Å². The lowest BCUT2D eigenvalue weighted by Gasteiger charge is -2.27. The van der Waals surface area contributed by atoms with E-state index in [1.165, 1.54) is 0 Å². The van der Waals surface area contributed by atoms with E-state index in [9.17, 15) is 19.5 Å². The van der Waals surface area contributed by atoms with Crippen LogP contribution in [0.2, 0.25) is 0 Å². The van der Waals surface area contributed by atoms with E-state index in [1.54, 1.807) is 58.0 Å². The van der Waals surface area contributed by atoms with Crippen LogP contribution >= 0.6 is 0 Å². The van der Waals surface area contributed by atoms with Crippen LogP contribution < -0.4 is 0 Å². The predicted octanol–water partition coefficient (Wildman–Crippen LogP) is 3.91. The van der Waals surface area contributed by atoms with Crippen LogP contribution in [0.15, 0.2) is 48.5 Å². The van der Waals surface area contributed by atoms with Crippen molar-refractivity contribution in [3.8, 4) is 17.0 Å². The molecule has 1 N–H and O–H groups in total. The summed E-state index contributed by atoms with van der Waals surface area (Å²) in [6.45, 7) is 4.39. The number of aromatic nitrogens is 1. The largest absolute Gasteiger partial charge is 0.505 e. The topological polar surface area (TPSA) is 88.8 Å². The lowest BCUT2D eigenvalue weighted by molar-refractivity contribution is 0.0303. The number of ketones is 2. The van der Waals surface area contributed by atoms with Gasteiger partial charge in [0.05, 0.1) is 24.5 Å². The summed E-state index contributed by atoms with van der Waals surface area (Å²) in [7, 11) is 0. The fourth-order valence-corrected chi connectivity index (χ4v) is 4.82. The molecule has 1 fully saturated rings. The van der Waals surface area contributed by atoms with Gasteiger partial charge in [0.1, 0.15) is 5.69 Å². The Morgan fingerprint density at radius 2 is 1.53 bits per heavy atom. The molecule has 0 atom stereocenters. The molecule has 0 bridgehead atoms. The predicted molar refractivity (Wildman–Crippen MR) is 126 cm³/mol. The number of hydrogen-bond donors (Lipinski definition) is 1. The van der Waals surface area contributed by atoms with Crippen molar-refractivity contribution in [2.45, 2.75) is 26.3 Å². The van der Waals surface area contributed by atoms with Gasteiger partial charge in [-0.1, -0.05) is 55.8 Å². The van der Waals surface area contributed by atoms with Gasteiger partial charge in [-0.2, -0.15) is 0 Å². The van der Waals surface area contributed by atoms with Crippen LogP contribution in [0.3, 0.4) is 0 Å². The van der Waals surface area contributed by atoms with Crippen molar-refractivity contribution in [3.05, 3.63) is 76.5 Å². The van der Waals surface area contributed by atoms with E-state index in [-0.39, 0.29) is 40.0 Å². The van der Waals surface area contributed by atoms with Crippen molar-refractivity contribution in [2.24, 2.45) is 0 Å². The van der Waals surface area contributed by atoms with Gasteiger partial charge in [-0.15, -0.1) is 0 Å². The summed E-state index contributed by atoms with van der Waals surface area (Å²) in [5.74, 6) is -1.09. The minimum Gasteiger partial charge on any atom is -0.505 e. The highest BCUT2D eigenvalue weighted by molar-refractivity contribution is 6.29. The first-order chi connectivity index (χ1) is 16.5. The number of ether oxygens (including phenoxy) is 1. The third-order valence-electron chi connectivity index (χ3n) is 6.54. The molecule has 0 unspecified atom stereocenters. The maximum atomic E-state index is 13.5. The van der Waals surface area contributed by atoms with Gasteiger partial charge in [0.15, 0.2) is 11.5 Å². The molecule has 1 aromatic heterocycles. The molecule has 2 aromatic carbocycles. The SMILES string of the molecule is CCCCn1c2c(c(O)c1-c1ccccc1C(=O)N1CCOCC1)C(=O)c1ccccc1C2=O. The number of unbranched alkanes of at least 4 members (excludes halogenated alkanes) is 1. The van der Waals surface area contributed by atoms with E-state index in [1.807, 2.05) is 6.92 Å². The fraction of sp³-hybridized carbons (Fsp3) is 0.296. The molecule has 0 saturated carbocycles. The first kappa shape index (κ1) is 22.1. The van der Waals surface area contributed by atoms with Crippen LogP contribution in [0, 0.1) is 0 Å². The van der Waals surface area contributed by atoms with Crippen LogP contribution in [-0.2, 0) is 11.3 Å². The molecule has 7 heteroatoms. The number of aromatic hydroxyl groups is 1. The number of fused-ring (bicyclic) bond motifs is 2. The Labute approximate surface area is 197 Å². The Morgan fingerprint density at radius 1 is 0.912 bits per heavy atom. The van der Waals surface area contributed by atoms with Crippen molar-refractivity contribution in [1.82, 2.24) is 9.47 Å². The smallest absolute Gasteiger partial charge is 0.254 e. The zero-order valence-corrected chi connectivity index (χ0v) is 19.0. The average Bonchev–Trinajstić information content (AvgIpc) is 3.18. The van der Waals surface area contributed by atoms with Crippen molar-refractivity contribution < 1.29 is 24.2 Å². The van der Waals surface area contributed by atoms with Crippen LogP contribution in [0.25, 0.3) is 11.3 Å². The number of benzene rings is 2. The number of rotatable bonds is 5. The molecular weight excluding hydrogens is 432 g/mol. The molecule has 0 radical (unpaired) electrons. The lowest BCUT2D eigenvalue weighted by Crippen LogP contribution is -2.40. The Kier molecular flexibility index (Phi) is 5.79. The molecule has 5 rings (SSSR count). The Balaban J connectivity index is 1.72. The summed E-state index contributed by atoms with van der Waals surface area (Å²) in [4.78, 5) is 42.1. The minimum absolute atomic E-state index is 0.0171. The monoisotopic (exact) mass is 458 g/mol. The summed E-state index contributed by atoms with van der Waals surface area (Å²) < 4.78 is 7.11. The Hall–Kier alpha value is -3.71. The first-order valence-corrected chi connectivity index (χ1v) is 11.6. The van der Waals surface area contributed by atoms with E-state index in [0.29, 0.717) is 55.2 Å². The maximum absolute atomic E-state index is 13.5. The van der Waals surface area contributed by atoms with Gasteiger partial charge in [-0.3, -0.25) is 14.4 Å².